The van der Waals surface area contributed by atoms with Gasteiger partial charge in [0.1, 0.15) is 5.75 Å². The fraction of sp³-hybridized carbons (Fsp3) is 0.231. The SMILES string of the molecule is CC.Cc1cccnc1-c1ccc(O)cn1. The minimum atomic E-state index is 0.169. The molecule has 0 atom stereocenters. The molecule has 2 rings (SSSR count). The molecule has 0 fully saturated rings. The Hall–Kier alpha value is -1.90. The highest BCUT2D eigenvalue weighted by Gasteiger charge is 2.03. The van der Waals surface area contributed by atoms with Crippen molar-refractivity contribution in [3.8, 4) is 17.1 Å². The van der Waals surface area contributed by atoms with Crippen molar-refractivity contribution in [2.45, 2.75) is 20.8 Å². The predicted octanol–water partition coefficient (Wildman–Crippen LogP) is 3.18. The summed E-state index contributed by atoms with van der Waals surface area (Å²) in [5.41, 5.74) is 2.71. The molecule has 0 aliphatic carbocycles. The summed E-state index contributed by atoms with van der Waals surface area (Å²) < 4.78 is 0. The van der Waals surface area contributed by atoms with Gasteiger partial charge < -0.3 is 5.11 Å². The van der Waals surface area contributed by atoms with E-state index in [0.29, 0.717) is 0 Å². The van der Waals surface area contributed by atoms with Crippen molar-refractivity contribution in [3.05, 3.63) is 42.2 Å². The van der Waals surface area contributed by atoms with Crippen LogP contribution in [0.4, 0.5) is 0 Å². The third-order valence-corrected chi connectivity index (χ3v) is 2.00. The molecule has 0 amide bonds. The summed E-state index contributed by atoms with van der Waals surface area (Å²) in [5, 5.41) is 9.09. The minimum Gasteiger partial charge on any atom is -0.506 e. The lowest BCUT2D eigenvalue weighted by Gasteiger charge is -2.02. The zero-order valence-corrected chi connectivity index (χ0v) is 9.81. The molecule has 2 aromatic rings. The molecule has 0 bridgehead atoms. The zero-order chi connectivity index (χ0) is 12.0. The standard InChI is InChI=1S/C11H10N2O.C2H6/c1-8-3-2-6-12-11(8)10-5-4-9(14)7-13-10;1-2/h2-7,14H,1H3;1-2H3. The summed E-state index contributed by atoms with van der Waals surface area (Å²) >= 11 is 0. The molecule has 0 unspecified atom stereocenters. The molecule has 16 heavy (non-hydrogen) atoms. The lowest BCUT2D eigenvalue weighted by Crippen LogP contribution is -1.89. The summed E-state index contributed by atoms with van der Waals surface area (Å²) in [6.07, 6.45) is 3.15. The molecule has 0 spiro atoms. The summed E-state index contributed by atoms with van der Waals surface area (Å²) in [6.45, 7) is 5.98. The highest BCUT2D eigenvalue weighted by Crippen LogP contribution is 2.19. The molecule has 0 aliphatic heterocycles. The van der Waals surface area contributed by atoms with Gasteiger partial charge in [-0.25, -0.2) is 0 Å². The predicted molar refractivity (Wildman–Crippen MR) is 65.2 cm³/mol. The van der Waals surface area contributed by atoms with Crippen LogP contribution in [0.2, 0.25) is 0 Å². The van der Waals surface area contributed by atoms with Gasteiger partial charge in [-0.15, -0.1) is 0 Å². The third-order valence-electron chi connectivity index (χ3n) is 2.00. The molecule has 0 aromatic carbocycles. The second kappa shape index (κ2) is 5.85. The van der Waals surface area contributed by atoms with Gasteiger partial charge >= 0.3 is 0 Å². The van der Waals surface area contributed by atoms with Gasteiger partial charge in [0.2, 0.25) is 0 Å². The number of aryl methyl sites for hydroxylation is 1. The smallest absolute Gasteiger partial charge is 0.133 e. The average molecular weight is 216 g/mol. The molecule has 0 saturated carbocycles. The second-order valence-electron chi connectivity index (χ2n) is 3.07. The summed E-state index contributed by atoms with van der Waals surface area (Å²) in [6, 6.07) is 7.23. The topological polar surface area (TPSA) is 46.0 Å². The van der Waals surface area contributed by atoms with Crippen molar-refractivity contribution < 1.29 is 5.11 Å². The van der Waals surface area contributed by atoms with Crippen LogP contribution >= 0.6 is 0 Å². The maximum atomic E-state index is 9.09. The van der Waals surface area contributed by atoms with E-state index in [0.717, 1.165) is 17.0 Å². The number of rotatable bonds is 1. The van der Waals surface area contributed by atoms with Crippen molar-refractivity contribution in [3.63, 3.8) is 0 Å². The molecule has 3 nitrogen and oxygen atoms in total. The van der Waals surface area contributed by atoms with Crippen molar-refractivity contribution in [1.29, 1.82) is 0 Å². The highest BCUT2D eigenvalue weighted by molar-refractivity contribution is 5.58. The number of aromatic hydroxyl groups is 1. The summed E-state index contributed by atoms with van der Waals surface area (Å²) in [5.74, 6) is 0.169. The van der Waals surface area contributed by atoms with E-state index < -0.39 is 0 Å². The van der Waals surface area contributed by atoms with Crippen LogP contribution in [0.3, 0.4) is 0 Å². The van der Waals surface area contributed by atoms with Gasteiger partial charge in [-0.3, -0.25) is 9.97 Å². The van der Waals surface area contributed by atoms with E-state index >= 15 is 0 Å². The fourth-order valence-corrected chi connectivity index (χ4v) is 1.28. The van der Waals surface area contributed by atoms with Gasteiger partial charge in [0.05, 0.1) is 17.6 Å². The Morgan fingerprint density at radius 1 is 1.06 bits per heavy atom. The molecule has 3 heteroatoms. The van der Waals surface area contributed by atoms with Crippen LogP contribution in [-0.2, 0) is 0 Å². The fourth-order valence-electron chi connectivity index (χ4n) is 1.28. The summed E-state index contributed by atoms with van der Waals surface area (Å²) in [4.78, 5) is 8.33. The van der Waals surface area contributed by atoms with Crippen LogP contribution < -0.4 is 0 Å². The van der Waals surface area contributed by atoms with E-state index in [1.165, 1.54) is 6.20 Å². The Balaban J connectivity index is 0.000000606. The normalized spacial score (nSPS) is 9.19. The van der Waals surface area contributed by atoms with Crippen molar-refractivity contribution in [1.82, 2.24) is 9.97 Å². The van der Waals surface area contributed by atoms with Gasteiger partial charge in [-0.1, -0.05) is 19.9 Å². The first-order chi connectivity index (χ1) is 7.77. The molecule has 2 aromatic heterocycles. The molecule has 0 saturated heterocycles. The Morgan fingerprint density at radius 3 is 2.38 bits per heavy atom. The molecule has 0 aliphatic rings. The van der Waals surface area contributed by atoms with Crippen LogP contribution in [0.1, 0.15) is 19.4 Å². The van der Waals surface area contributed by atoms with Crippen molar-refractivity contribution in [2.75, 3.05) is 0 Å². The lowest BCUT2D eigenvalue weighted by molar-refractivity contribution is 0.473. The molecular formula is C13H16N2O. The van der Waals surface area contributed by atoms with E-state index in [1.54, 1.807) is 18.3 Å². The maximum Gasteiger partial charge on any atom is 0.133 e. The highest BCUT2D eigenvalue weighted by atomic mass is 16.3. The number of aromatic nitrogens is 2. The second-order valence-corrected chi connectivity index (χ2v) is 3.07. The van der Waals surface area contributed by atoms with E-state index in [4.69, 9.17) is 5.11 Å². The van der Waals surface area contributed by atoms with Crippen LogP contribution in [0, 0.1) is 6.92 Å². The minimum absolute atomic E-state index is 0.169. The largest absolute Gasteiger partial charge is 0.506 e. The lowest BCUT2D eigenvalue weighted by atomic mass is 10.1. The Kier molecular flexibility index (Phi) is 4.45. The Labute approximate surface area is 95.8 Å². The Morgan fingerprint density at radius 2 is 1.81 bits per heavy atom. The third kappa shape index (κ3) is 2.79. The van der Waals surface area contributed by atoms with Gasteiger partial charge in [0, 0.05) is 6.20 Å². The van der Waals surface area contributed by atoms with Gasteiger partial charge in [-0.2, -0.15) is 0 Å². The number of pyridine rings is 2. The zero-order valence-electron chi connectivity index (χ0n) is 9.81. The number of nitrogens with zero attached hydrogens (tertiary/aromatic N) is 2. The molecular weight excluding hydrogens is 200 g/mol. The first kappa shape index (κ1) is 12.2. The van der Waals surface area contributed by atoms with E-state index in [1.807, 2.05) is 32.9 Å². The van der Waals surface area contributed by atoms with Gasteiger partial charge in [-0.05, 0) is 30.7 Å². The van der Waals surface area contributed by atoms with Crippen LogP contribution in [0.5, 0.6) is 5.75 Å². The average Bonchev–Trinajstić information content (AvgIpc) is 2.34. The van der Waals surface area contributed by atoms with Gasteiger partial charge in [0.15, 0.2) is 0 Å². The van der Waals surface area contributed by atoms with E-state index in [-0.39, 0.29) is 5.75 Å². The first-order valence-corrected chi connectivity index (χ1v) is 5.34. The van der Waals surface area contributed by atoms with E-state index in [9.17, 15) is 0 Å². The van der Waals surface area contributed by atoms with Crippen LogP contribution in [-0.4, -0.2) is 15.1 Å². The summed E-state index contributed by atoms with van der Waals surface area (Å²) in [7, 11) is 0. The quantitative estimate of drug-likeness (QED) is 0.796. The van der Waals surface area contributed by atoms with Crippen LogP contribution in [0.15, 0.2) is 36.7 Å². The van der Waals surface area contributed by atoms with Crippen LogP contribution in [0.25, 0.3) is 11.4 Å². The monoisotopic (exact) mass is 216 g/mol. The maximum absolute atomic E-state index is 9.09. The molecule has 84 valence electrons. The van der Waals surface area contributed by atoms with Crippen molar-refractivity contribution >= 4 is 0 Å². The number of hydrogen-bond acceptors (Lipinski definition) is 3. The Bertz CT molecular complexity index is 438. The number of hydrogen-bond donors (Lipinski definition) is 1. The van der Waals surface area contributed by atoms with Crippen molar-refractivity contribution in [2.24, 2.45) is 0 Å². The van der Waals surface area contributed by atoms with Gasteiger partial charge in [0.25, 0.3) is 0 Å². The molecule has 2 heterocycles. The first-order valence-electron chi connectivity index (χ1n) is 5.34. The van der Waals surface area contributed by atoms with E-state index in [2.05, 4.69) is 9.97 Å². The molecule has 0 radical (unpaired) electrons. The molecule has 1 N–H and O–H groups in total.